The Balaban J connectivity index is 0.000000230. The molecule has 204 valence electrons. The normalized spacial score (nSPS) is 12.9. The molecule has 0 unspecified atom stereocenters. The lowest BCUT2D eigenvalue weighted by Crippen LogP contribution is -2.25. The van der Waals surface area contributed by atoms with Crippen LogP contribution in [0.5, 0.6) is 5.75 Å². The molecule has 12 heteroatoms. The van der Waals surface area contributed by atoms with Gasteiger partial charge in [-0.25, -0.2) is 9.10 Å². The quantitative estimate of drug-likeness (QED) is 0.0769. The van der Waals surface area contributed by atoms with Crippen LogP contribution in [0.2, 0.25) is 0 Å². The molecule has 0 aliphatic carbocycles. The molecular formula is C27H23Cl3N2O6S. The van der Waals surface area contributed by atoms with E-state index in [1.165, 1.54) is 14.2 Å². The molecule has 3 aromatic rings. The molecule has 2 amide bonds. The SMILES string of the molecule is CO/N=C(/C(=O)OC)c1ccccc1COc1ccccc1C.O=C1c2ccccc2C(=O)N1SC(Cl)(Cl)Cl. The predicted octanol–water partition coefficient (Wildman–Crippen LogP) is 6.36. The van der Waals surface area contributed by atoms with Crippen LogP contribution in [0.3, 0.4) is 0 Å². The molecule has 0 saturated carbocycles. The number of benzene rings is 3. The van der Waals surface area contributed by atoms with Gasteiger partial charge in [-0.1, -0.05) is 94.6 Å². The summed E-state index contributed by atoms with van der Waals surface area (Å²) in [7, 11) is 2.69. The van der Waals surface area contributed by atoms with Crippen molar-refractivity contribution in [2.75, 3.05) is 14.2 Å². The second-order valence-corrected chi connectivity index (χ2v) is 11.9. The van der Waals surface area contributed by atoms with Gasteiger partial charge in [-0.15, -0.1) is 0 Å². The van der Waals surface area contributed by atoms with Crippen molar-refractivity contribution in [2.24, 2.45) is 5.16 Å². The van der Waals surface area contributed by atoms with Crippen LogP contribution in [0.1, 0.15) is 37.4 Å². The molecule has 1 aliphatic rings. The summed E-state index contributed by atoms with van der Waals surface area (Å²) in [4.78, 5) is 40.3. The van der Waals surface area contributed by atoms with Crippen LogP contribution < -0.4 is 4.74 Å². The van der Waals surface area contributed by atoms with Crippen LogP contribution in [-0.4, -0.2) is 45.1 Å². The number of nitrogens with zero attached hydrogens (tertiary/aromatic N) is 2. The number of methoxy groups -OCH3 is 1. The van der Waals surface area contributed by atoms with Crippen LogP contribution in [0, 0.1) is 6.92 Å². The summed E-state index contributed by atoms with van der Waals surface area (Å²) >= 11 is 17.2. The Morgan fingerprint density at radius 3 is 2.03 bits per heavy atom. The summed E-state index contributed by atoms with van der Waals surface area (Å²) in [6.45, 7) is 2.29. The van der Waals surface area contributed by atoms with E-state index < -0.39 is 20.9 Å². The Labute approximate surface area is 244 Å². The number of carbonyl (C=O) groups is 3. The number of ether oxygens (including phenoxy) is 2. The predicted molar refractivity (Wildman–Crippen MR) is 152 cm³/mol. The zero-order chi connectivity index (χ0) is 28.6. The van der Waals surface area contributed by atoms with E-state index in [1.54, 1.807) is 30.3 Å². The lowest BCUT2D eigenvalue weighted by molar-refractivity contribution is -0.132. The highest BCUT2D eigenvalue weighted by molar-refractivity contribution is 8.03. The number of esters is 1. The highest BCUT2D eigenvalue weighted by atomic mass is 35.6. The van der Waals surface area contributed by atoms with Gasteiger partial charge in [0.25, 0.3) is 14.9 Å². The van der Waals surface area contributed by atoms with Gasteiger partial charge in [-0.05, 0) is 36.2 Å². The Bertz CT molecular complexity index is 1360. The number of halogens is 3. The van der Waals surface area contributed by atoms with Gasteiger partial charge in [0, 0.05) is 17.5 Å². The van der Waals surface area contributed by atoms with Gasteiger partial charge in [0.2, 0.25) is 0 Å². The van der Waals surface area contributed by atoms with Crippen LogP contribution >= 0.6 is 46.8 Å². The van der Waals surface area contributed by atoms with E-state index in [-0.39, 0.29) is 5.71 Å². The highest BCUT2D eigenvalue weighted by Gasteiger charge is 2.40. The van der Waals surface area contributed by atoms with E-state index in [2.05, 4.69) is 5.16 Å². The number of para-hydroxylation sites is 1. The maximum absolute atomic E-state index is 11.9. The maximum Gasteiger partial charge on any atom is 0.360 e. The van der Waals surface area contributed by atoms with Crippen LogP contribution in [0.25, 0.3) is 0 Å². The van der Waals surface area contributed by atoms with E-state index in [0.717, 1.165) is 21.2 Å². The number of aryl methyl sites for hydroxylation is 1. The largest absolute Gasteiger partial charge is 0.489 e. The molecule has 0 radical (unpaired) electrons. The van der Waals surface area contributed by atoms with Gasteiger partial charge in [0.15, 0.2) is 5.71 Å². The lowest BCUT2D eigenvalue weighted by atomic mass is 10.0. The number of alkyl halides is 3. The van der Waals surface area contributed by atoms with Crippen LogP contribution in [0.4, 0.5) is 0 Å². The van der Waals surface area contributed by atoms with E-state index in [1.807, 2.05) is 49.4 Å². The number of oxime groups is 1. The Morgan fingerprint density at radius 1 is 0.897 bits per heavy atom. The fourth-order valence-corrected chi connectivity index (χ4v) is 4.68. The van der Waals surface area contributed by atoms with E-state index >= 15 is 0 Å². The number of hydrogen-bond donors (Lipinski definition) is 0. The van der Waals surface area contributed by atoms with Crippen molar-refractivity contribution in [3.05, 3.63) is 101 Å². The molecule has 4 rings (SSSR count). The molecule has 3 aromatic carbocycles. The summed E-state index contributed by atoms with van der Waals surface area (Å²) in [5.41, 5.74) is 3.25. The molecular weight excluding hydrogens is 587 g/mol. The van der Waals surface area contributed by atoms with Gasteiger partial charge in [0.05, 0.1) is 18.2 Å². The number of hydrogen-bond acceptors (Lipinski definition) is 8. The molecule has 0 spiro atoms. The van der Waals surface area contributed by atoms with E-state index in [4.69, 9.17) is 49.1 Å². The molecule has 1 aliphatic heterocycles. The van der Waals surface area contributed by atoms with Gasteiger partial charge in [0.1, 0.15) is 19.5 Å². The first kappa shape index (κ1) is 30.3. The molecule has 0 atom stereocenters. The van der Waals surface area contributed by atoms with E-state index in [0.29, 0.717) is 35.2 Å². The minimum atomic E-state index is -1.74. The monoisotopic (exact) mass is 608 g/mol. The molecule has 0 saturated heterocycles. The van der Waals surface area contributed by atoms with Gasteiger partial charge in [-0.3, -0.25) is 9.59 Å². The second-order valence-electron chi connectivity index (χ2n) is 7.81. The van der Waals surface area contributed by atoms with Crippen molar-refractivity contribution in [3.63, 3.8) is 0 Å². The van der Waals surface area contributed by atoms with Crippen molar-refractivity contribution in [2.45, 2.75) is 16.7 Å². The third-order valence-corrected chi connectivity index (χ3v) is 6.60. The van der Waals surface area contributed by atoms with Crippen LogP contribution in [0.15, 0.2) is 78.0 Å². The average molecular weight is 610 g/mol. The van der Waals surface area contributed by atoms with Crippen molar-refractivity contribution in [3.8, 4) is 5.75 Å². The van der Waals surface area contributed by atoms with Crippen molar-refractivity contribution in [1.82, 2.24) is 4.31 Å². The standard InChI is InChI=1S/C18H19NO4.C9H4Cl3NO2S/c1-13-8-4-7-11-16(13)23-12-14-9-5-6-10-15(14)17(19-22-3)18(20)21-2;10-9(11,12)16-13-7(14)5-3-1-2-4-6(5)8(13)15/h4-11H,12H2,1-3H3;1-4H/b19-17+;. The van der Waals surface area contributed by atoms with Crippen molar-refractivity contribution >= 4 is 70.2 Å². The zero-order valence-electron chi connectivity index (χ0n) is 21.0. The Morgan fingerprint density at radius 2 is 1.46 bits per heavy atom. The topological polar surface area (TPSA) is 94.5 Å². The number of rotatable bonds is 7. The molecule has 0 bridgehead atoms. The Kier molecular flexibility index (Phi) is 10.7. The molecule has 8 nitrogen and oxygen atoms in total. The lowest BCUT2D eigenvalue weighted by Gasteiger charge is -2.17. The second kappa shape index (κ2) is 13.7. The fourth-order valence-electron chi connectivity index (χ4n) is 3.49. The maximum atomic E-state index is 11.9. The minimum Gasteiger partial charge on any atom is -0.489 e. The number of fused-ring (bicyclic) bond motifs is 1. The van der Waals surface area contributed by atoms with Gasteiger partial charge >= 0.3 is 5.97 Å². The highest BCUT2D eigenvalue weighted by Crippen LogP contribution is 2.44. The number of carbonyl (C=O) groups excluding carboxylic acids is 3. The van der Waals surface area contributed by atoms with E-state index in [9.17, 15) is 14.4 Å². The van der Waals surface area contributed by atoms with Crippen molar-refractivity contribution < 1.29 is 28.7 Å². The van der Waals surface area contributed by atoms with Crippen LogP contribution in [-0.2, 0) is 21.0 Å². The first-order valence-corrected chi connectivity index (χ1v) is 13.2. The molecule has 0 aromatic heterocycles. The number of imide groups is 1. The minimum absolute atomic E-state index is 0.110. The molecule has 0 N–H and O–H groups in total. The first-order valence-electron chi connectivity index (χ1n) is 11.3. The molecule has 1 heterocycles. The summed E-state index contributed by atoms with van der Waals surface area (Å²) in [5.74, 6) is -0.686. The summed E-state index contributed by atoms with van der Waals surface area (Å²) in [5, 5.41) is 3.78. The van der Waals surface area contributed by atoms with Crippen molar-refractivity contribution in [1.29, 1.82) is 0 Å². The summed E-state index contributed by atoms with van der Waals surface area (Å²) < 4.78 is 9.74. The van der Waals surface area contributed by atoms with Gasteiger partial charge < -0.3 is 14.3 Å². The summed E-state index contributed by atoms with van der Waals surface area (Å²) in [6.07, 6.45) is 0. The molecule has 0 fully saturated rings. The third-order valence-electron chi connectivity index (χ3n) is 5.26. The zero-order valence-corrected chi connectivity index (χ0v) is 24.1. The first-order chi connectivity index (χ1) is 18.6. The summed E-state index contributed by atoms with van der Waals surface area (Å²) in [6, 6.07) is 21.6. The Hall–Kier alpha value is -3.24. The smallest absolute Gasteiger partial charge is 0.360 e. The third kappa shape index (κ3) is 7.89. The fraction of sp³-hybridized carbons (Fsp3) is 0.185. The number of amides is 2. The van der Waals surface area contributed by atoms with Gasteiger partial charge in [-0.2, -0.15) is 0 Å². The molecule has 39 heavy (non-hydrogen) atoms. The average Bonchev–Trinajstić information content (AvgIpc) is 3.15.